The van der Waals surface area contributed by atoms with Gasteiger partial charge in [0, 0.05) is 5.56 Å². The molecule has 0 N–H and O–H groups in total. The number of rotatable bonds is 5. The summed E-state index contributed by atoms with van der Waals surface area (Å²) in [6.07, 6.45) is -0.558. The van der Waals surface area contributed by atoms with E-state index in [4.69, 9.17) is 9.47 Å². The van der Waals surface area contributed by atoms with Crippen LogP contribution in [0, 0.1) is 6.92 Å². The van der Waals surface area contributed by atoms with Gasteiger partial charge in [-0.25, -0.2) is 0 Å². The second kappa shape index (κ2) is 6.76. The fourth-order valence-corrected chi connectivity index (χ4v) is 2.52. The van der Waals surface area contributed by atoms with Gasteiger partial charge in [-0.05, 0) is 71.7 Å². The lowest BCUT2D eigenvalue weighted by atomic mass is 10.1. The number of benzene rings is 2. The maximum Gasteiger partial charge on any atom is 0.202 e. The minimum absolute atomic E-state index is 0.0647. The third-order valence-corrected chi connectivity index (χ3v) is 3.75. The molecule has 4 heteroatoms. The molecule has 1 atom stereocenters. The first-order valence-electron chi connectivity index (χ1n) is 6.62. The minimum Gasteiger partial charge on any atom is -0.497 e. The molecule has 0 bridgehead atoms. The molecule has 0 saturated carbocycles. The van der Waals surface area contributed by atoms with Gasteiger partial charge in [0.2, 0.25) is 5.78 Å². The molecule has 2 aromatic carbocycles. The average molecular weight is 349 g/mol. The van der Waals surface area contributed by atoms with Gasteiger partial charge in [-0.1, -0.05) is 6.07 Å². The standard InChI is InChI=1S/C17H17BrO3/c1-11-4-9-16(15(18)10-11)21-12(2)17(19)13-5-7-14(20-3)8-6-13/h4-10,12H,1-3H3. The molecular weight excluding hydrogens is 332 g/mol. The molecule has 0 aliphatic carbocycles. The highest BCUT2D eigenvalue weighted by atomic mass is 79.9. The highest BCUT2D eigenvalue weighted by Gasteiger charge is 2.18. The van der Waals surface area contributed by atoms with Crippen molar-refractivity contribution in [3.8, 4) is 11.5 Å². The number of Topliss-reactive ketones (excluding diaryl/α,β-unsaturated/α-hetero) is 1. The molecule has 0 amide bonds. The second-order valence-corrected chi connectivity index (χ2v) is 5.64. The Hall–Kier alpha value is -1.81. The van der Waals surface area contributed by atoms with Gasteiger partial charge in [0.15, 0.2) is 6.10 Å². The van der Waals surface area contributed by atoms with Crippen molar-refractivity contribution in [1.82, 2.24) is 0 Å². The molecule has 0 aliphatic rings. The first-order chi connectivity index (χ1) is 10.0. The van der Waals surface area contributed by atoms with Crippen LogP contribution in [0.4, 0.5) is 0 Å². The maximum atomic E-state index is 12.3. The average Bonchev–Trinajstić information content (AvgIpc) is 2.49. The number of halogens is 1. The van der Waals surface area contributed by atoms with E-state index in [1.807, 2.05) is 25.1 Å². The van der Waals surface area contributed by atoms with E-state index in [0.717, 1.165) is 15.8 Å². The lowest BCUT2D eigenvalue weighted by Gasteiger charge is -2.15. The van der Waals surface area contributed by atoms with Gasteiger partial charge in [-0.15, -0.1) is 0 Å². The van der Waals surface area contributed by atoms with Gasteiger partial charge in [-0.3, -0.25) is 4.79 Å². The first kappa shape index (κ1) is 15.6. The summed E-state index contributed by atoms with van der Waals surface area (Å²) in [6.45, 7) is 3.75. The number of ether oxygens (including phenoxy) is 2. The number of carbonyl (C=O) groups excluding carboxylic acids is 1. The molecule has 0 heterocycles. The number of hydrogen-bond donors (Lipinski definition) is 0. The summed E-state index contributed by atoms with van der Waals surface area (Å²) in [6, 6.07) is 12.8. The zero-order chi connectivity index (χ0) is 15.4. The molecule has 110 valence electrons. The monoisotopic (exact) mass is 348 g/mol. The fourth-order valence-electron chi connectivity index (χ4n) is 1.94. The third kappa shape index (κ3) is 3.85. The Bertz CT molecular complexity index is 635. The Kier molecular flexibility index (Phi) is 5.02. The summed E-state index contributed by atoms with van der Waals surface area (Å²) in [5.41, 5.74) is 1.73. The Morgan fingerprint density at radius 2 is 1.81 bits per heavy atom. The van der Waals surface area contributed by atoms with Gasteiger partial charge < -0.3 is 9.47 Å². The highest BCUT2D eigenvalue weighted by molar-refractivity contribution is 9.10. The predicted octanol–water partition coefficient (Wildman–Crippen LogP) is 4.42. The molecule has 1 unspecified atom stereocenters. The molecular formula is C17H17BrO3. The van der Waals surface area contributed by atoms with Gasteiger partial charge in [-0.2, -0.15) is 0 Å². The fraction of sp³-hybridized carbons (Fsp3) is 0.235. The molecule has 2 rings (SSSR count). The van der Waals surface area contributed by atoms with E-state index in [1.165, 1.54) is 0 Å². The van der Waals surface area contributed by atoms with E-state index in [-0.39, 0.29) is 5.78 Å². The Morgan fingerprint density at radius 1 is 1.14 bits per heavy atom. The zero-order valence-corrected chi connectivity index (χ0v) is 13.8. The number of hydrogen-bond acceptors (Lipinski definition) is 3. The molecule has 0 radical (unpaired) electrons. The molecule has 21 heavy (non-hydrogen) atoms. The smallest absolute Gasteiger partial charge is 0.202 e. The summed E-state index contributed by atoms with van der Waals surface area (Å²) < 4.78 is 11.7. The van der Waals surface area contributed by atoms with Crippen molar-refractivity contribution in [2.45, 2.75) is 20.0 Å². The summed E-state index contributed by atoms with van der Waals surface area (Å²) >= 11 is 3.45. The molecule has 0 aromatic heterocycles. The molecule has 0 aliphatic heterocycles. The van der Waals surface area contributed by atoms with Crippen LogP contribution in [-0.2, 0) is 0 Å². The SMILES string of the molecule is COc1ccc(C(=O)C(C)Oc2ccc(C)cc2Br)cc1. The third-order valence-electron chi connectivity index (χ3n) is 3.13. The second-order valence-electron chi connectivity index (χ2n) is 4.79. The molecule has 0 saturated heterocycles. The quantitative estimate of drug-likeness (QED) is 0.750. The van der Waals surface area contributed by atoms with Gasteiger partial charge in [0.05, 0.1) is 11.6 Å². The normalized spacial score (nSPS) is 11.8. The number of aryl methyl sites for hydroxylation is 1. The van der Waals surface area contributed by atoms with E-state index < -0.39 is 6.10 Å². The Balaban J connectivity index is 2.11. The van der Waals surface area contributed by atoms with Crippen LogP contribution in [0.3, 0.4) is 0 Å². The summed E-state index contributed by atoms with van der Waals surface area (Å²) in [4.78, 5) is 12.3. The van der Waals surface area contributed by atoms with E-state index >= 15 is 0 Å². The van der Waals surface area contributed by atoms with Crippen LogP contribution in [0.5, 0.6) is 11.5 Å². The van der Waals surface area contributed by atoms with Crippen molar-refractivity contribution in [1.29, 1.82) is 0 Å². The van der Waals surface area contributed by atoms with Crippen molar-refractivity contribution in [3.63, 3.8) is 0 Å². The lowest BCUT2D eigenvalue weighted by molar-refractivity contribution is 0.0817. The van der Waals surface area contributed by atoms with Crippen molar-refractivity contribution in [2.24, 2.45) is 0 Å². The van der Waals surface area contributed by atoms with Crippen molar-refractivity contribution < 1.29 is 14.3 Å². The van der Waals surface area contributed by atoms with Crippen LogP contribution in [0.2, 0.25) is 0 Å². The number of methoxy groups -OCH3 is 1. The first-order valence-corrected chi connectivity index (χ1v) is 7.41. The zero-order valence-electron chi connectivity index (χ0n) is 12.2. The van der Waals surface area contributed by atoms with E-state index in [2.05, 4.69) is 15.9 Å². The summed E-state index contributed by atoms with van der Waals surface area (Å²) in [5, 5.41) is 0. The Morgan fingerprint density at radius 3 is 2.38 bits per heavy atom. The van der Waals surface area contributed by atoms with Crippen LogP contribution in [0.1, 0.15) is 22.8 Å². The van der Waals surface area contributed by atoms with Crippen molar-refractivity contribution in [3.05, 3.63) is 58.1 Å². The maximum absolute atomic E-state index is 12.3. The number of carbonyl (C=O) groups is 1. The van der Waals surface area contributed by atoms with E-state index in [9.17, 15) is 4.79 Å². The Labute approximate surface area is 133 Å². The van der Waals surface area contributed by atoms with E-state index in [0.29, 0.717) is 11.3 Å². The highest BCUT2D eigenvalue weighted by Crippen LogP contribution is 2.27. The van der Waals surface area contributed by atoms with E-state index in [1.54, 1.807) is 38.3 Å². The molecule has 0 fully saturated rings. The number of ketones is 1. The van der Waals surface area contributed by atoms with Crippen LogP contribution in [0.25, 0.3) is 0 Å². The van der Waals surface area contributed by atoms with Crippen molar-refractivity contribution in [2.75, 3.05) is 7.11 Å². The summed E-state index contributed by atoms with van der Waals surface area (Å²) in [5.74, 6) is 1.32. The topological polar surface area (TPSA) is 35.5 Å². The van der Waals surface area contributed by atoms with Gasteiger partial charge in [0.1, 0.15) is 11.5 Å². The molecule has 3 nitrogen and oxygen atoms in total. The lowest BCUT2D eigenvalue weighted by Crippen LogP contribution is -2.24. The van der Waals surface area contributed by atoms with Gasteiger partial charge >= 0.3 is 0 Å². The molecule has 2 aromatic rings. The predicted molar refractivity (Wildman–Crippen MR) is 86.3 cm³/mol. The largest absolute Gasteiger partial charge is 0.497 e. The summed E-state index contributed by atoms with van der Waals surface area (Å²) in [7, 11) is 1.59. The van der Waals surface area contributed by atoms with Crippen LogP contribution in [0.15, 0.2) is 46.9 Å². The molecule has 0 spiro atoms. The van der Waals surface area contributed by atoms with Crippen LogP contribution >= 0.6 is 15.9 Å². The van der Waals surface area contributed by atoms with Gasteiger partial charge in [0.25, 0.3) is 0 Å². The minimum atomic E-state index is -0.558. The van der Waals surface area contributed by atoms with Crippen LogP contribution < -0.4 is 9.47 Å². The van der Waals surface area contributed by atoms with Crippen molar-refractivity contribution >= 4 is 21.7 Å². The van der Waals surface area contributed by atoms with Crippen LogP contribution in [-0.4, -0.2) is 19.0 Å².